The average molecular weight is 236 g/mol. The third-order valence-corrected chi connectivity index (χ3v) is 3.53. The number of hydrogen-bond donors (Lipinski definition) is 1. The van der Waals surface area contributed by atoms with E-state index in [0.717, 1.165) is 31.5 Å². The van der Waals surface area contributed by atoms with Gasteiger partial charge >= 0.3 is 0 Å². The minimum atomic E-state index is -0.187. The molecule has 0 spiro atoms. The lowest BCUT2D eigenvalue weighted by Crippen LogP contribution is -2.40. The number of halogens is 1. The summed E-state index contributed by atoms with van der Waals surface area (Å²) in [6.07, 6.45) is 5.89. The predicted octanol–water partition coefficient (Wildman–Crippen LogP) is 3.57. The smallest absolute Gasteiger partial charge is 0.148 e. The van der Waals surface area contributed by atoms with E-state index in [4.69, 9.17) is 5.73 Å². The number of rotatable bonds is 3. The van der Waals surface area contributed by atoms with Crippen molar-refractivity contribution in [2.45, 2.75) is 45.1 Å². The van der Waals surface area contributed by atoms with Crippen LogP contribution in [0.3, 0.4) is 0 Å². The van der Waals surface area contributed by atoms with Crippen LogP contribution < -0.4 is 10.6 Å². The maximum Gasteiger partial charge on any atom is 0.148 e. The molecule has 3 heteroatoms. The van der Waals surface area contributed by atoms with E-state index in [1.807, 2.05) is 6.07 Å². The fraction of sp³-hybridized carbons (Fsp3) is 0.571. The van der Waals surface area contributed by atoms with Crippen molar-refractivity contribution in [1.29, 1.82) is 0 Å². The van der Waals surface area contributed by atoms with Gasteiger partial charge in [-0.1, -0.05) is 13.3 Å². The second kappa shape index (κ2) is 5.39. The highest BCUT2D eigenvalue weighted by molar-refractivity contribution is 5.55. The highest BCUT2D eigenvalue weighted by atomic mass is 19.1. The molecule has 2 N–H and O–H groups in total. The number of piperidine rings is 1. The summed E-state index contributed by atoms with van der Waals surface area (Å²) in [5, 5.41) is 0. The Labute approximate surface area is 103 Å². The SMILES string of the molecule is CCCC1CCCCN1c1ccc(N)cc1F. The lowest BCUT2D eigenvalue weighted by atomic mass is 9.97. The highest BCUT2D eigenvalue weighted by Gasteiger charge is 2.23. The van der Waals surface area contributed by atoms with Crippen molar-refractivity contribution >= 4 is 11.4 Å². The molecule has 1 aromatic carbocycles. The largest absolute Gasteiger partial charge is 0.399 e. The molecule has 1 atom stereocenters. The molecule has 0 radical (unpaired) electrons. The predicted molar refractivity (Wildman–Crippen MR) is 70.7 cm³/mol. The van der Waals surface area contributed by atoms with Crippen LogP contribution in [0.2, 0.25) is 0 Å². The maximum absolute atomic E-state index is 13.9. The summed E-state index contributed by atoms with van der Waals surface area (Å²) < 4.78 is 13.9. The molecule has 1 unspecified atom stereocenters. The molecular weight excluding hydrogens is 215 g/mol. The topological polar surface area (TPSA) is 29.3 Å². The van der Waals surface area contributed by atoms with Crippen LogP contribution in [0, 0.1) is 5.82 Å². The summed E-state index contributed by atoms with van der Waals surface area (Å²) in [5.41, 5.74) is 6.81. The molecule has 0 amide bonds. The van der Waals surface area contributed by atoms with E-state index in [0.29, 0.717) is 11.7 Å². The van der Waals surface area contributed by atoms with Crippen LogP contribution in [0.5, 0.6) is 0 Å². The van der Waals surface area contributed by atoms with Crippen molar-refractivity contribution in [2.24, 2.45) is 0 Å². The Morgan fingerprint density at radius 3 is 2.94 bits per heavy atom. The van der Waals surface area contributed by atoms with Gasteiger partial charge < -0.3 is 10.6 Å². The van der Waals surface area contributed by atoms with Gasteiger partial charge in [0.15, 0.2) is 0 Å². The van der Waals surface area contributed by atoms with Gasteiger partial charge in [-0.3, -0.25) is 0 Å². The van der Waals surface area contributed by atoms with Crippen molar-refractivity contribution in [3.63, 3.8) is 0 Å². The number of nitrogens with two attached hydrogens (primary N) is 1. The Morgan fingerprint density at radius 2 is 2.24 bits per heavy atom. The Morgan fingerprint density at radius 1 is 1.41 bits per heavy atom. The molecule has 17 heavy (non-hydrogen) atoms. The van der Waals surface area contributed by atoms with Gasteiger partial charge in [0.25, 0.3) is 0 Å². The summed E-state index contributed by atoms with van der Waals surface area (Å²) in [6.45, 7) is 3.15. The van der Waals surface area contributed by atoms with Crippen LogP contribution >= 0.6 is 0 Å². The number of hydrogen-bond acceptors (Lipinski definition) is 2. The standard InChI is InChI=1S/C14H21FN2/c1-2-5-12-6-3-4-9-17(12)14-8-7-11(16)10-13(14)15/h7-8,10,12H,2-6,9,16H2,1H3. The quantitative estimate of drug-likeness (QED) is 0.813. The first kappa shape index (κ1) is 12.2. The van der Waals surface area contributed by atoms with Crippen LogP contribution in [-0.2, 0) is 0 Å². The van der Waals surface area contributed by atoms with Gasteiger partial charge in [0.1, 0.15) is 5.82 Å². The summed E-state index contributed by atoms with van der Waals surface area (Å²) >= 11 is 0. The minimum Gasteiger partial charge on any atom is -0.399 e. The van der Waals surface area contributed by atoms with E-state index in [1.54, 1.807) is 6.07 Å². The van der Waals surface area contributed by atoms with Crippen molar-refractivity contribution in [3.05, 3.63) is 24.0 Å². The van der Waals surface area contributed by atoms with Gasteiger partial charge in [0, 0.05) is 18.3 Å². The second-order valence-corrected chi connectivity index (χ2v) is 4.84. The molecule has 0 aliphatic carbocycles. The van der Waals surface area contributed by atoms with E-state index < -0.39 is 0 Å². The molecular formula is C14H21FN2. The van der Waals surface area contributed by atoms with Crippen LogP contribution in [-0.4, -0.2) is 12.6 Å². The molecule has 0 aromatic heterocycles. The summed E-state index contributed by atoms with van der Waals surface area (Å²) in [6, 6.07) is 5.52. The van der Waals surface area contributed by atoms with E-state index >= 15 is 0 Å². The first-order valence-corrected chi connectivity index (χ1v) is 6.54. The Balaban J connectivity index is 2.23. The molecule has 94 valence electrons. The van der Waals surface area contributed by atoms with E-state index in [2.05, 4.69) is 11.8 Å². The molecule has 1 aliphatic heterocycles. The normalized spacial score (nSPS) is 20.6. The third-order valence-electron chi connectivity index (χ3n) is 3.53. The Hall–Kier alpha value is -1.25. The van der Waals surface area contributed by atoms with E-state index in [9.17, 15) is 4.39 Å². The van der Waals surface area contributed by atoms with Gasteiger partial charge in [-0.2, -0.15) is 0 Å². The average Bonchev–Trinajstić information content (AvgIpc) is 2.31. The van der Waals surface area contributed by atoms with Crippen molar-refractivity contribution in [3.8, 4) is 0 Å². The molecule has 1 aliphatic rings. The number of nitrogens with zero attached hydrogens (tertiary/aromatic N) is 1. The van der Waals surface area contributed by atoms with Crippen LogP contribution in [0.4, 0.5) is 15.8 Å². The number of anilines is 2. The van der Waals surface area contributed by atoms with Crippen molar-refractivity contribution < 1.29 is 4.39 Å². The fourth-order valence-corrected chi connectivity index (χ4v) is 2.71. The lowest BCUT2D eigenvalue weighted by molar-refractivity contribution is 0.429. The molecule has 2 nitrogen and oxygen atoms in total. The summed E-state index contributed by atoms with van der Waals surface area (Å²) in [4.78, 5) is 2.22. The van der Waals surface area contributed by atoms with Crippen LogP contribution in [0.15, 0.2) is 18.2 Å². The Bertz CT molecular complexity index is 376. The molecule has 0 saturated carbocycles. The van der Waals surface area contributed by atoms with E-state index in [-0.39, 0.29) is 5.82 Å². The maximum atomic E-state index is 13.9. The minimum absolute atomic E-state index is 0.187. The first-order chi connectivity index (χ1) is 8.22. The molecule has 1 fully saturated rings. The molecule has 1 heterocycles. The zero-order valence-corrected chi connectivity index (χ0v) is 10.5. The monoisotopic (exact) mass is 236 g/mol. The summed E-state index contributed by atoms with van der Waals surface area (Å²) in [5.74, 6) is -0.187. The summed E-state index contributed by atoms with van der Waals surface area (Å²) in [7, 11) is 0. The van der Waals surface area contributed by atoms with Crippen LogP contribution in [0.25, 0.3) is 0 Å². The third kappa shape index (κ3) is 2.71. The highest BCUT2D eigenvalue weighted by Crippen LogP contribution is 2.30. The lowest BCUT2D eigenvalue weighted by Gasteiger charge is -2.37. The molecule has 0 bridgehead atoms. The number of benzene rings is 1. The van der Waals surface area contributed by atoms with Crippen LogP contribution in [0.1, 0.15) is 39.0 Å². The van der Waals surface area contributed by atoms with Gasteiger partial charge in [-0.15, -0.1) is 0 Å². The van der Waals surface area contributed by atoms with Gasteiger partial charge in [0.05, 0.1) is 5.69 Å². The second-order valence-electron chi connectivity index (χ2n) is 4.84. The zero-order chi connectivity index (χ0) is 12.3. The molecule has 1 saturated heterocycles. The van der Waals surface area contributed by atoms with Gasteiger partial charge in [0.2, 0.25) is 0 Å². The van der Waals surface area contributed by atoms with Crippen molar-refractivity contribution in [1.82, 2.24) is 0 Å². The first-order valence-electron chi connectivity index (χ1n) is 6.54. The fourth-order valence-electron chi connectivity index (χ4n) is 2.71. The van der Waals surface area contributed by atoms with E-state index in [1.165, 1.54) is 18.9 Å². The Kier molecular flexibility index (Phi) is 3.87. The number of nitrogen functional groups attached to an aromatic ring is 1. The molecule has 1 aromatic rings. The van der Waals surface area contributed by atoms with Crippen molar-refractivity contribution in [2.75, 3.05) is 17.2 Å². The van der Waals surface area contributed by atoms with Gasteiger partial charge in [-0.05, 0) is 43.9 Å². The molecule has 2 rings (SSSR count). The van der Waals surface area contributed by atoms with Gasteiger partial charge in [-0.25, -0.2) is 4.39 Å². The zero-order valence-electron chi connectivity index (χ0n) is 10.5.